The van der Waals surface area contributed by atoms with Crippen LogP contribution < -0.4 is 5.32 Å². The van der Waals surface area contributed by atoms with E-state index in [1.54, 1.807) is 60.7 Å². The molecule has 0 aliphatic carbocycles. The van der Waals surface area contributed by atoms with Crippen molar-refractivity contribution in [3.63, 3.8) is 0 Å². The van der Waals surface area contributed by atoms with Crippen molar-refractivity contribution < 1.29 is 43.0 Å². The van der Waals surface area contributed by atoms with Crippen molar-refractivity contribution >= 4 is 41.2 Å². The van der Waals surface area contributed by atoms with Crippen LogP contribution in [0.3, 0.4) is 0 Å². The molecule has 11 nitrogen and oxygen atoms in total. The highest BCUT2D eigenvalue weighted by molar-refractivity contribution is 6.23. The fraction of sp³-hybridized carbons (Fsp3) is 0.138. The van der Waals surface area contributed by atoms with E-state index in [1.165, 1.54) is 12.1 Å². The van der Waals surface area contributed by atoms with Crippen LogP contribution in [-0.2, 0) is 19.1 Å². The molecule has 0 spiro atoms. The number of carbonyl (C=O) groups is 7. The number of nitrogens with zero attached hydrogens (tertiary/aromatic N) is 1. The number of ketones is 2. The lowest BCUT2D eigenvalue weighted by atomic mass is 10.1. The van der Waals surface area contributed by atoms with Gasteiger partial charge in [-0.05, 0) is 18.2 Å². The summed E-state index contributed by atoms with van der Waals surface area (Å²) in [5.74, 6) is -4.98. The molecule has 1 aliphatic rings. The molecule has 40 heavy (non-hydrogen) atoms. The Morgan fingerprint density at radius 2 is 1.20 bits per heavy atom. The largest absolute Gasteiger partial charge is 0.456 e. The number of benzene rings is 3. The number of imide groups is 1. The summed E-state index contributed by atoms with van der Waals surface area (Å²) in [6, 6.07) is 20.1. The molecule has 0 atom stereocenters. The number of hydrogen-bond acceptors (Lipinski definition) is 9. The number of hydrogen-bond donors (Lipinski definition) is 1. The van der Waals surface area contributed by atoms with Crippen molar-refractivity contribution in [2.75, 3.05) is 26.3 Å². The van der Waals surface area contributed by atoms with Crippen LogP contribution in [0.5, 0.6) is 0 Å². The van der Waals surface area contributed by atoms with Crippen molar-refractivity contribution in [2.24, 2.45) is 0 Å². The molecule has 0 saturated carbocycles. The molecule has 202 valence electrons. The Morgan fingerprint density at radius 1 is 0.650 bits per heavy atom. The van der Waals surface area contributed by atoms with E-state index in [0.717, 1.165) is 6.07 Å². The molecule has 3 aromatic rings. The fourth-order valence-corrected chi connectivity index (χ4v) is 3.76. The predicted octanol–water partition coefficient (Wildman–Crippen LogP) is 1.86. The van der Waals surface area contributed by atoms with E-state index in [-0.39, 0.29) is 16.7 Å². The first-order chi connectivity index (χ1) is 19.2. The van der Waals surface area contributed by atoms with Gasteiger partial charge in [0.15, 0.2) is 24.8 Å². The quantitative estimate of drug-likeness (QED) is 0.217. The van der Waals surface area contributed by atoms with Gasteiger partial charge in [-0.3, -0.25) is 33.7 Å². The smallest absolute Gasteiger partial charge is 0.338 e. The van der Waals surface area contributed by atoms with Gasteiger partial charge in [0.05, 0.1) is 16.7 Å². The first-order valence-electron chi connectivity index (χ1n) is 12.0. The van der Waals surface area contributed by atoms with Crippen molar-refractivity contribution in [1.29, 1.82) is 0 Å². The lowest BCUT2D eigenvalue weighted by molar-refractivity contribution is -0.142. The van der Waals surface area contributed by atoms with E-state index in [0.29, 0.717) is 16.0 Å². The highest BCUT2D eigenvalue weighted by Gasteiger charge is 2.37. The molecule has 0 radical (unpaired) electrons. The van der Waals surface area contributed by atoms with Crippen molar-refractivity contribution in [1.82, 2.24) is 10.2 Å². The summed E-state index contributed by atoms with van der Waals surface area (Å²) in [5, 5.41) is 2.23. The minimum absolute atomic E-state index is 0.0199. The summed E-state index contributed by atoms with van der Waals surface area (Å²) < 4.78 is 9.90. The molecule has 0 bridgehead atoms. The third-order valence-corrected chi connectivity index (χ3v) is 5.83. The van der Waals surface area contributed by atoms with Crippen molar-refractivity contribution in [3.8, 4) is 0 Å². The Morgan fingerprint density at radius 3 is 1.80 bits per heavy atom. The average molecular weight is 543 g/mol. The number of Topliss-reactive ketones (excluding diaryl/α,β-unsaturated/α-hetero) is 2. The molecule has 11 heteroatoms. The maximum Gasteiger partial charge on any atom is 0.338 e. The van der Waals surface area contributed by atoms with E-state index in [4.69, 9.17) is 9.47 Å². The maximum absolute atomic E-state index is 12.8. The Hall–Kier alpha value is -5.45. The van der Waals surface area contributed by atoms with Crippen LogP contribution in [0, 0.1) is 0 Å². The Labute approximate surface area is 227 Å². The summed E-state index contributed by atoms with van der Waals surface area (Å²) in [6.07, 6.45) is 0. The number of esters is 2. The molecular weight excluding hydrogens is 520 g/mol. The molecule has 1 N–H and O–H groups in total. The van der Waals surface area contributed by atoms with Gasteiger partial charge in [0, 0.05) is 11.1 Å². The average Bonchev–Trinajstić information content (AvgIpc) is 3.22. The zero-order valence-corrected chi connectivity index (χ0v) is 21.0. The zero-order chi connectivity index (χ0) is 28.6. The Balaban J connectivity index is 1.27. The van der Waals surface area contributed by atoms with Gasteiger partial charge < -0.3 is 14.8 Å². The second-order valence-electron chi connectivity index (χ2n) is 8.55. The van der Waals surface area contributed by atoms with Crippen LogP contribution in [0.25, 0.3) is 0 Å². The van der Waals surface area contributed by atoms with Gasteiger partial charge in [-0.25, -0.2) is 4.79 Å². The monoisotopic (exact) mass is 542 g/mol. The second-order valence-corrected chi connectivity index (χ2v) is 8.55. The van der Waals surface area contributed by atoms with Gasteiger partial charge in [0.25, 0.3) is 11.8 Å². The molecule has 1 aliphatic heterocycles. The molecule has 3 aromatic carbocycles. The summed E-state index contributed by atoms with van der Waals surface area (Å²) in [6.45, 7) is -2.29. The lowest BCUT2D eigenvalue weighted by Crippen LogP contribution is -2.42. The minimum Gasteiger partial charge on any atom is -0.456 e. The van der Waals surface area contributed by atoms with Gasteiger partial charge in [0.2, 0.25) is 5.91 Å². The second kappa shape index (κ2) is 12.4. The van der Waals surface area contributed by atoms with Crippen LogP contribution in [-0.4, -0.2) is 72.4 Å². The van der Waals surface area contributed by atoms with Gasteiger partial charge in [-0.15, -0.1) is 0 Å². The molecular formula is C29H22N2O9. The van der Waals surface area contributed by atoms with Crippen LogP contribution in [0.1, 0.15) is 51.8 Å². The van der Waals surface area contributed by atoms with Crippen LogP contribution in [0.4, 0.5) is 0 Å². The van der Waals surface area contributed by atoms with E-state index in [2.05, 4.69) is 5.32 Å². The molecule has 0 unspecified atom stereocenters. The summed E-state index contributed by atoms with van der Waals surface area (Å²) in [7, 11) is 0. The van der Waals surface area contributed by atoms with E-state index in [1.807, 2.05) is 0 Å². The van der Waals surface area contributed by atoms with Crippen LogP contribution in [0.15, 0.2) is 78.9 Å². The number of nitrogens with one attached hydrogen (secondary N) is 1. The highest BCUT2D eigenvalue weighted by atomic mass is 16.5. The number of rotatable bonds is 11. The number of ether oxygens (including phenoxy) is 2. The summed E-state index contributed by atoms with van der Waals surface area (Å²) >= 11 is 0. The first kappa shape index (κ1) is 27.6. The topological polar surface area (TPSA) is 153 Å². The molecule has 1 heterocycles. The Bertz CT molecular complexity index is 1500. The Kier molecular flexibility index (Phi) is 8.55. The summed E-state index contributed by atoms with van der Waals surface area (Å²) in [4.78, 5) is 87.0. The SMILES string of the molecule is O=C(CN1C(=O)c2ccc(C(=O)OCC(=O)c3ccccc3)cc2C1=O)NCC(=O)OCC(=O)c1ccccc1. The third-order valence-electron chi connectivity index (χ3n) is 5.83. The molecule has 3 amide bonds. The fourth-order valence-electron chi connectivity index (χ4n) is 3.76. The molecule has 0 fully saturated rings. The normalized spacial score (nSPS) is 11.9. The van der Waals surface area contributed by atoms with Gasteiger partial charge >= 0.3 is 11.9 Å². The van der Waals surface area contributed by atoms with Gasteiger partial charge in [-0.1, -0.05) is 60.7 Å². The highest BCUT2D eigenvalue weighted by Crippen LogP contribution is 2.24. The standard InChI is InChI=1S/C29H22N2O9/c32-23(18-7-3-1-4-8-18)16-39-26(35)14-30-25(34)15-31-27(36)21-12-11-20(13-22(21)28(31)37)29(38)40-17-24(33)19-9-5-2-6-10-19/h1-13H,14-17H2,(H,30,34). The van der Waals surface area contributed by atoms with Gasteiger partial charge in [0.1, 0.15) is 13.1 Å². The van der Waals surface area contributed by atoms with Crippen LogP contribution in [0.2, 0.25) is 0 Å². The number of amides is 3. The van der Waals surface area contributed by atoms with E-state index >= 15 is 0 Å². The predicted molar refractivity (Wildman–Crippen MR) is 138 cm³/mol. The third kappa shape index (κ3) is 6.51. The lowest BCUT2D eigenvalue weighted by Gasteiger charge is -2.13. The number of fused-ring (bicyclic) bond motifs is 1. The molecule has 0 saturated heterocycles. The van der Waals surface area contributed by atoms with E-state index in [9.17, 15) is 33.6 Å². The first-order valence-corrected chi connectivity index (χ1v) is 12.0. The van der Waals surface area contributed by atoms with Gasteiger partial charge in [-0.2, -0.15) is 0 Å². The maximum atomic E-state index is 12.8. The molecule has 0 aromatic heterocycles. The van der Waals surface area contributed by atoms with Crippen molar-refractivity contribution in [3.05, 3.63) is 107 Å². The minimum atomic E-state index is -0.881. The summed E-state index contributed by atoms with van der Waals surface area (Å²) in [5.41, 5.74) is 0.545. The number of carbonyl (C=O) groups excluding carboxylic acids is 7. The van der Waals surface area contributed by atoms with Crippen molar-refractivity contribution in [2.45, 2.75) is 0 Å². The van der Waals surface area contributed by atoms with E-state index < -0.39 is 67.5 Å². The zero-order valence-electron chi connectivity index (χ0n) is 21.0. The molecule has 4 rings (SSSR count). The van der Waals surface area contributed by atoms with Crippen LogP contribution >= 0.6 is 0 Å².